The van der Waals surface area contributed by atoms with Crippen LogP contribution in [0, 0.1) is 11.8 Å². The average Bonchev–Trinajstić information content (AvgIpc) is 2.02. The third-order valence-corrected chi connectivity index (χ3v) is 2.66. The van der Waals surface area contributed by atoms with Crippen LogP contribution in [0.3, 0.4) is 0 Å². The number of rotatable bonds is 4. The molecule has 1 atom stereocenters. The molecule has 70 valence electrons. The van der Waals surface area contributed by atoms with Crippen molar-refractivity contribution in [1.82, 2.24) is 0 Å². The molecule has 2 N–H and O–H groups in total. The first-order valence-corrected chi connectivity index (χ1v) is 4.55. The zero-order chi connectivity index (χ0) is 8.97. The van der Waals surface area contributed by atoms with E-state index in [0.29, 0.717) is 6.54 Å². The van der Waals surface area contributed by atoms with Gasteiger partial charge in [0.05, 0.1) is 13.0 Å². The van der Waals surface area contributed by atoms with Gasteiger partial charge in [-0.25, -0.2) is 0 Å². The molecule has 0 aromatic heterocycles. The number of esters is 1. The van der Waals surface area contributed by atoms with Crippen molar-refractivity contribution in [3.63, 3.8) is 0 Å². The summed E-state index contributed by atoms with van der Waals surface area (Å²) in [7, 11) is 1.42. The lowest BCUT2D eigenvalue weighted by atomic mass is 9.79. The minimum absolute atomic E-state index is 0.0692. The molecule has 0 saturated heterocycles. The van der Waals surface area contributed by atoms with Gasteiger partial charge in [0, 0.05) is 6.54 Å². The predicted molar refractivity (Wildman–Crippen MR) is 46.5 cm³/mol. The summed E-state index contributed by atoms with van der Waals surface area (Å²) in [4.78, 5) is 11.1. The second-order valence-corrected chi connectivity index (χ2v) is 3.49. The molecule has 3 nitrogen and oxygen atoms in total. The minimum Gasteiger partial charge on any atom is -0.469 e. The van der Waals surface area contributed by atoms with Gasteiger partial charge in [-0.15, -0.1) is 0 Å². The fourth-order valence-electron chi connectivity index (χ4n) is 1.59. The van der Waals surface area contributed by atoms with Crippen LogP contribution in [-0.4, -0.2) is 19.6 Å². The molecule has 0 amide bonds. The summed E-state index contributed by atoms with van der Waals surface area (Å²) < 4.78 is 4.65. The number of carbonyl (C=O) groups excluding carboxylic acids is 1. The van der Waals surface area contributed by atoms with Gasteiger partial charge in [-0.2, -0.15) is 0 Å². The van der Waals surface area contributed by atoms with E-state index in [4.69, 9.17) is 5.73 Å². The molecule has 0 aromatic carbocycles. The maximum Gasteiger partial charge on any atom is 0.309 e. The van der Waals surface area contributed by atoms with E-state index in [-0.39, 0.29) is 11.9 Å². The van der Waals surface area contributed by atoms with Gasteiger partial charge in [-0.05, 0) is 12.3 Å². The Morgan fingerprint density at radius 3 is 2.67 bits per heavy atom. The quantitative estimate of drug-likeness (QED) is 0.640. The van der Waals surface area contributed by atoms with Crippen LogP contribution in [0.1, 0.15) is 25.7 Å². The minimum atomic E-state index is -0.149. The zero-order valence-electron chi connectivity index (χ0n) is 7.58. The molecular formula is C9H17NO2. The first-order valence-electron chi connectivity index (χ1n) is 4.55. The van der Waals surface area contributed by atoms with E-state index in [0.717, 1.165) is 12.3 Å². The van der Waals surface area contributed by atoms with Gasteiger partial charge in [-0.1, -0.05) is 19.3 Å². The highest BCUT2D eigenvalue weighted by Crippen LogP contribution is 2.32. The third kappa shape index (κ3) is 2.21. The van der Waals surface area contributed by atoms with Crippen LogP contribution in [0.2, 0.25) is 0 Å². The standard InChI is InChI=1S/C9H17NO2/c1-12-9(11)8(6-10)5-7-3-2-4-7/h7-8H,2-6,10H2,1H3. The van der Waals surface area contributed by atoms with Gasteiger partial charge in [-0.3, -0.25) is 4.79 Å². The fraction of sp³-hybridized carbons (Fsp3) is 0.889. The topological polar surface area (TPSA) is 52.3 Å². The summed E-state index contributed by atoms with van der Waals surface area (Å²) in [5.41, 5.74) is 5.48. The molecule has 0 aliphatic heterocycles. The molecule has 1 unspecified atom stereocenters. The van der Waals surface area contributed by atoms with Crippen molar-refractivity contribution in [2.75, 3.05) is 13.7 Å². The van der Waals surface area contributed by atoms with Crippen LogP contribution in [-0.2, 0) is 9.53 Å². The van der Waals surface area contributed by atoms with Crippen molar-refractivity contribution in [1.29, 1.82) is 0 Å². The van der Waals surface area contributed by atoms with E-state index in [9.17, 15) is 4.79 Å². The summed E-state index contributed by atoms with van der Waals surface area (Å²) in [6, 6.07) is 0. The second kappa shape index (κ2) is 4.45. The first kappa shape index (κ1) is 9.52. The van der Waals surface area contributed by atoms with Gasteiger partial charge < -0.3 is 10.5 Å². The summed E-state index contributed by atoms with van der Waals surface area (Å²) in [5, 5.41) is 0. The Morgan fingerprint density at radius 1 is 1.67 bits per heavy atom. The molecule has 1 aliphatic carbocycles. The molecule has 0 bridgehead atoms. The Balaban J connectivity index is 2.28. The summed E-state index contributed by atoms with van der Waals surface area (Å²) in [6.45, 7) is 0.420. The Labute approximate surface area is 73.3 Å². The van der Waals surface area contributed by atoms with Crippen LogP contribution in [0.25, 0.3) is 0 Å². The maximum absolute atomic E-state index is 11.1. The summed E-state index contributed by atoms with van der Waals surface area (Å²) in [6.07, 6.45) is 4.74. The Hall–Kier alpha value is -0.570. The number of hydrogen-bond acceptors (Lipinski definition) is 3. The Morgan fingerprint density at radius 2 is 2.33 bits per heavy atom. The van der Waals surface area contributed by atoms with Crippen LogP contribution in [0.5, 0.6) is 0 Å². The predicted octanol–water partition coefficient (Wildman–Crippen LogP) is 0.924. The number of methoxy groups -OCH3 is 1. The SMILES string of the molecule is COC(=O)C(CN)CC1CCC1. The average molecular weight is 171 g/mol. The van der Waals surface area contributed by atoms with Crippen molar-refractivity contribution in [2.45, 2.75) is 25.7 Å². The normalized spacial score (nSPS) is 19.8. The van der Waals surface area contributed by atoms with Crippen LogP contribution in [0.4, 0.5) is 0 Å². The van der Waals surface area contributed by atoms with E-state index >= 15 is 0 Å². The summed E-state index contributed by atoms with van der Waals surface area (Å²) >= 11 is 0. The van der Waals surface area contributed by atoms with E-state index in [2.05, 4.69) is 4.74 Å². The number of hydrogen-bond donors (Lipinski definition) is 1. The maximum atomic E-state index is 11.1. The Kier molecular flexibility index (Phi) is 3.53. The molecule has 0 spiro atoms. The van der Waals surface area contributed by atoms with Gasteiger partial charge in [0.2, 0.25) is 0 Å². The van der Waals surface area contributed by atoms with Gasteiger partial charge >= 0.3 is 5.97 Å². The largest absolute Gasteiger partial charge is 0.469 e. The molecule has 0 aromatic rings. The van der Waals surface area contributed by atoms with Crippen molar-refractivity contribution in [3.05, 3.63) is 0 Å². The van der Waals surface area contributed by atoms with Gasteiger partial charge in [0.25, 0.3) is 0 Å². The van der Waals surface area contributed by atoms with Crippen molar-refractivity contribution >= 4 is 5.97 Å². The first-order chi connectivity index (χ1) is 5.77. The number of ether oxygens (including phenoxy) is 1. The monoisotopic (exact) mass is 171 g/mol. The fourth-order valence-corrected chi connectivity index (χ4v) is 1.59. The van der Waals surface area contributed by atoms with Crippen molar-refractivity contribution < 1.29 is 9.53 Å². The lowest BCUT2D eigenvalue weighted by Crippen LogP contribution is -2.29. The van der Waals surface area contributed by atoms with E-state index < -0.39 is 0 Å². The van der Waals surface area contributed by atoms with Crippen LogP contribution < -0.4 is 5.73 Å². The molecule has 1 rings (SSSR count). The second-order valence-electron chi connectivity index (χ2n) is 3.49. The number of carbonyl (C=O) groups is 1. The van der Waals surface area contributed by atoms with E-state index in [1.165, 1.54) is 26.4 Å². The molecule has 3 heteroatoms. The zero-order valence-corrected chi connectivity index (χ0v) is 7.58. The summed E-state index contributed by atoms with van der Waals surface area (Å²) in [5.74, 6) is 0.502. The van der Waals surface area contributed by atoms with E-state index in [1.807, 2.05) is 0 Å². The molecule has 1 aliphatic rings. The smallest absolute Gasteiger partial charge is 0.309 e. The molecule has 1 fully saturated rings. The van der Waals surface area contributed by atoms with Crippen LogP contribution in [0.15, 0.2) is 0 Å². The Bertz CT molecular complexity index is 155. The lowest BCUT2D eigenvalue weighted by Gasteiger charge is -2.27. The number of nitrogens with two attached hydrogens (primary N) is 1. The molecule has 1 saturated carbocycles. The van der Waals surface area contributed by atoms with Crippen molar-refractivity contribution in [3.8, 4) is 0 Å². The molecular weight excluding hydrogens is 154 g/mol. The van der Waals surface area contributed by atoms with Gasteiger partial charge in [0.15, 0.2) is 0 Å². The lowest BCUT2D eigenvalue weighted by molar-refractivity contribution is -0.145. The van der Waals surface area contributed by atoms with Crippen molar-refractivity contribution in [2.24, 2.45) is 17.6 Å². The van der Waals surface area contributed by atoms with E-state index in [1.54, 1.807) is 0 Å². The molecule has 12 heavy (non-hydrogen) atoms. The molecule has 0 heterocycles. The van der Waals surface area contributed by atoms with Crippen LogP contribution >= 0.6 is 0 Å². The third-order valence-electron chi connectivity index (χ3n) is 2.66. The van der Waals surface area contributed by atoms with Gasteiger partial charge in [0.1, 0.15) is 0 Å². The molecule has 0 radical (unpaired) electrons. The highest BCUT2D eigenvalue weighted by Gasteiger charge is 2.25. The highest BCUT2D eigenvalue weighted by atomic mass is 16.5. The highest BCUT2D eigenvalue weighted by molar-refractivity contribution is 5.72.